The van der Waals surface area contributed by atoms with Crippen LogP contribution in [0.25, 0.3) is 0 Å². The first-order chi connectivity index (χ1) is 22.1. The second kappa shape index (κ2) is 15.4. The maximum Gasteiger partial charge on any atom is 0.306 e. The lowest BCUT2D eigenvalue weighted by atomic mass is 9.70. The lowest BCUT2D eigenvalue weighted by molar-refractivity contribution is -0.153. The number of aliphatic hydroxyl groups excluding tert-OH is 1. The van der Waals surface area contributed by atoms with Crippen LogP contribution < -0.4 is 5.32 Å². The number of ether oxygens (including phenoxy) is 2. The number of nitrogens with one attached hydrogen (secondary N) is 1. The number of aliphatic hydroxyl groups is 1. The van der Waals surface area contributed by atoms with E-state index >= 15 is 0 Å². The van der Waals surface area contributed by atoms with Crippen LogP contribution in [0.2, 0.25) is 0 Å². The second-order valence-corrected chi connectivity index (χ2v) is 13.2. The predicted molar refractivity (Wildman–Crippen MR) is 174 cm³/mol. The number of fused-ring (bicyclic) bond motifs is 1. The van der Waals surface area contributed by atoms with Gasteiger partial charge in [0.05, 0.1) is 36.6 Å². The fourth-order valence-corrected chi connectivity index (χ4v) is 7.65. The van der Waals surface area contributed by atoms with Crippen molar-refractivity contribution < 1.29 is 33.8 Å². The van der Waals surface area contributed by atoms with Crippen LogP contribution >= 0.6 is 0 Å². The van der Waals surface area contributed by atoms with Crippen molar-refractivity contribution in [2.75, 3.05) is 19.8 Å². The number of nitrogens with zero attached hydrogens (tertiary/aromatic N) is 2. The van der Waals surface area contributed by atoms with Gasteiger partial charge in [-0.25, -0.2) is 0 Å². The van der Waals surface area contributed by atoms with Crippen LogP contribution in [0.5, 0.6) is 0 Å². The molecule has 3 aliphatic rings. The lowest BCUT2D eigenvalue weighted by Gasteiger charge is -2.41. The van der Waals surface area contributed by atoms with Crippen LogP contribution in [0, 0.1) is 17.8 Å². The van der Waals surface area contributed by atoms with Crippen molar-refractivity contribution in [2.45, 2.75) is 102 Å². The van der Waals surface area contributed by atoms with E-state index in [2.05, 4.69) is 25.4 Å². The molecule has 1 unspecified atom stereocenters. The van der Waals surface area contributed by atoms with Crippen molar-refractivity contribution in [3.63, 3.8) is 0 Å². The molecule has 2 bridgehead atoms. The van der Waals surface area contributed by atoms with E-state index in [-0.39, 0.29) is 49.3 Å². The van der Waals surface area contributed by atoms with Crippen molar-refractivity contribution in [3.05, 3.63) is 61.2 Å². The van der Waals surface area contributed by atoms with Crippen molar-refractivity contribution in [1.82, 2.24) is 15.1 Å². The fraction of sp³-hybridized carbons (Fsp3) is 0.611. The summed E-state index contributed by atoms with van der Waals surface area (Å²) in [5, 5.41) is 13.6. The highest BCUT2D eigenvalue weighted by molar-refractivity contribution is 5.99. The molecule has 0 aromatic heterocycles. The molecule has 4 rings (SSSR count). The van der Waals surface area contributed by atoms with Gasteiger partial charge in [-0.3, -0.25) is 19.2 Å². The molecule has 10 nitrogen and oxygen atoms in total. The third-order valence-corrected chi connectivity index (χ3v) is 9.92. The van der Waals surface area contributed by atoms with Crippen molar-refractivity contribution >= 4 is 23.7 Å². The lowest BCUT2D eigenvalue weighted by Crippen LogP contribution is -2.60. The van der Waals surface area contributed by atoms with Gasteiger partial charge in [0.2, 0.25) is 17.7 Å². The zero-order valence-electron chi connectivity index (χ0n) is 27.7. The van der Waals surface area contributed by atoms with Gasteiger partial charge in [-0.2, -0.15) is 0 Å². The van der Waals surface area contributed by atoms with E-state index in [0.29, 0.717) is 25.8 Å². The molecule has 2 N–H and O–H groups in total. The number of hydrogen-bond acceptors (Lipinski definition) is 7. The molecule has 0 saturated carbocycles. The van der Waals surface area contributed by atoms with Gasteiger partial charge < -0.3 is 29.7 Å². The molecule has 0 radical (unpaired) electrons. The summed E-state index contributed by atoms with van der Waals surface area (Å²) in [7, 11) is 0. The first kappa shape index (κ1) is 35.4. The van der Waals surface area contributed by atoms with Crippen molar-refractivity contribution in [2.24, 2.45) is 17.8 Å². The fourth-order valence-electron chi connectivity index (χ4n) is 7.65. The third-order valence-electron chi connectivity index (χ3n) is 9.92. The van der Waals surface area contributed by atoms with E-state index in [1.54, 1.807) is 17.1 Å². The zero-order valence-corrected chi connectivity index (χ0v) is 27.7. The quantitative estimate of drug-likeness (QED) is 0.196. The van der Waals surface area contributed by atoms with E-state index in [4.69, 9.17) is 9.47 Å². The SMILES string of the molecule is C=CCCC(=O)OC[C@@H](NC(=O)[C@@H]1[C@H]2C(=O)N([C@@H](CO)C(C)C)[C@H](C(=O)N(CC=C)C(C)CCC)[C@]23CC[C@H]1O3)c1ccccc1. The normalized spacial score (nSPS) is 26.7. The van der Waals surface area contributed by atoms with Crippen LogP contribution in [-0.2, 0) is 28.7 Å². The smallest absolute Gasteiger partial charge is 0.306 e. The summed E-state index contributed by atoms with van der Waals surface area (Å²) in [6, 6.07) is 6.86. The molecule has 3 amide bonds. The number of amides is 3. The molecule has 46 heavy (non-hydrogen) atoms. The Bertz CT molecular complexity index is 1270. The zero-order chi connectivity index (χ0) is 33.6. The van der Waals surface area contributed by atoms with Gasteiger partial charge in [0.1, 0.15) is 18.2 Å². The number of hydrogen-bond donors (Lipinski definition) is 2. The highest BCUT2D eigenvalue weighted by Crippen LogP contribution is 2.59. The topological polar surface area (TPSA) is 125 Å². The van der Waals surface area contributed by atoms with Gasteiger partial charge in [0, 0.05) is 19.0 Å². The average molecular weight is 638 g/mol. The molecule has 3 aliphatic heterocycles. The molecule has 10 heteroatoms. The van der Waals surface area contributed by atoms with Crippen LogP contribution in [0.15, 0.2) is 55.6 Å². The van der Waals surface area contributed by atoms with Crippen molar-refractivity contribution in [1.29, 1.82) is 0 Å². The molecule has 8 atom stereocenters. The maximum absolute atomic E-state index is 14.6. The molecule has 1 aromatic rings. The number of carbonyl (C=O) groups excluding carboxylic acids is 4. The molecule has 252 valence electrons. The Kier molecular flexibility index (Phi) is 11.8. The van der Waals surface area contributed by atoms with E-state index < -0.39 is 47.6 Å². The Hall–Kier alpha value is -3.50. The van der Waals surface area contributed by atoms with Crippen molar-refractivity contribution in [3.8, 4) is 0 Å². The Morgan fingerprint density at radius 2 is 1.91 bits per heavy atom. The molecule has 1 aromatic carbocycles. The highest BCUT2D eigenvalue weighted by atomic mass is 16.5. The molecular formula is C36H51N3O7. The van der Waals surface area contributed by atoms with E-state index in [1.165, 1.54) is 4.90 Å². The van der Waals surface area contributed by atoms with Crippen LogP contribution in [-0.4, -0.2) is 88.2 Å². The minimum atomic E-state index is -1.20. The molecular weight excluding hydrogens is 586 g/mol. The summed E-state index contributed by atoms with van der Waals surface area (Å²) < 4.78 is 12.2. The Morgan fingerprint density at radius 1 is 1.20 bits per heavy atom. The van der Waals surface area contributed by atoms with Gasteiger partial charge in [-0.1, -0.05) is 69.7 Å². The molecule has 0 aliphatic carbocycles. The Morgan fingerprint density at radius 3 is 2.52 bits per heavy atom. The predicted octanol–water partition coefficient (Wildman–Crippen LogP) is 3.95. The molecule has 1 spiro atoms. The number of rotatable bonds is 17. The second-order valence-electron chi connectivity index (χ2n) is 13.2. The Balaban J connectivity index is 1.69. The number of likely N-dealkylation sites (tertiary alicyclic amines) is 1. The van der Waals surface area contributed by atoms with Gasteiger partial charge in [-0.15, -0.1) is 13.2 Å². The van der Waals surface area contributed by atoms with Gasteiger partial charge in [0.15, 0.2) is 0 Å². The first-order valence-corrected chi connectivity index (χ1v) is 16.7. The summed E-state index contributed by atoms with van der Waals surface area (Å²) >= 11 is 0. The number of esters is 1. The molecule has 3 fully saturated rings. The standard InChI is InChI=1S/C36H51N3O7/c1-7-10-17-29(41)45-22-26(25-15-12-11-13-16-25)37-33(42)30-28-18-19-36(46-28)31(30)34(43)39(27(21-40)23(4)5)32(36)35(44)38(20-9-3)24(6)14-8-2/h7,9,11-13,15-16,23-24,26-28,30-32,40H,1,3,8,10,14,17-22H2,2,4-6H3,(H,37,42)/t24?,26-,27+,28-,30+,31+,32-,36+/m1/s1. The molecule has 3 heterocycles. The summed E-state index contributed by atoms with van der Waals surface area (Å²) in [5.74, 6) is -3.27. The first-order valence-electron chi connectivity index (χ1n) is 16.7. The average Bonchev–Trinajstić information content (AvgIpc) is 3.68. The summed E-state index contributed by atoms with van der Waals surface area (Å²) in [6.45, 7) is 15.3. The largest absolute Gasteiger partial charge is 0.463 e. The van der Waals surface area contributed by atoms with Gasteiger partial charge >= 0.3 is 5.97 Å². The molecule has 3 saturated heterocycles. The minimum Gasteiger partial charge on any atom is -0.463 e. The number of benzene rings is 1. The summed E-state index contributed by atoms with van der Waals surface area (Å²) in [5.41, 5.74) is -0.447. The number of carbonyl (C=O) groups is 4. The maximum atomic E-state index is 14.6. The summed E-state index contributed by atoms with van der Waals surface area (Å²) in [4.78, 5) is 59.0. The third kappa shape index (κ3) is 6.79. The van der Waals surface area contributed by atoms with E-state index in [9.17, 15) is 24.3 Å². The summed E-state index contributed by atoms with van der Waals surface area (Å²) in [6.07, 6.45) is 6.07. The monoisotopic (exact) mass is 637 g/mol. The van der Waals surface area contributed by atoms with E-state index in [0.717, 1.165) is 18.4 Å². The van der Waals surface area contributed by atoms with Crippen LogP contribution in [0.4, 0.5) is 0 Å². The van der Waals surface area contributed by atoms with Crippen LogP contribution in [0.1, 0.15) is 77.8 Å². The van der Waals surface area contributed by atoms with Gasteiger partial charge in [-0.05, 0) is 44.1 Å². The van der Waals surface area contributed by atoms with Crippen LogP contribution in [0.3, 0.4) is 0 Å². The minimum absolute atomic E-state index is 0.0767. The van der Waals surface area contributed by atoms with E-state index in [1.807, 2.05) is 51.1 Å². The Labute approximate surface area is 273 Å². The van der Waals surface area contributed by atoms with Gasteiger partial charge in [0.25, 0.3) is 0 Å². The highest BCUT2D eigenvalue weighted by Gasteiger charge is 2.75. The number of allylic oxidation sites excluding steroid dienone is 1.